The largest absolute Gasteiger partial charge is 0.445 e. The van der Waals surface area contributed by atoms with Crippen LogP contribution in [0.5, 0.6) is 23.1 Å². The Bertz CT molecular complexity index is 1010. The minimum Gasteiger partial charge on any atom is -0.445 e. The fraction of sp³-hybridized carbons (Fsp3) is 0.409. The van der Waals surface area contributed by atoms with E-state index in [1.807, 2.05) is 13.8 Å². The van der Waals surface area contributed by atoms with E-state index in [1.165, 1.54) is 6.20 Å². The lowest BCUT2D eigenvalue weighted by Gasteiger charge is -2.28. The number of benzene rings is 1. The van der Waals surface area contributed by atoms with Crippen molar-refractivity contribution in [2.75, 3.05) is 5.32 Å². The van der Waals surface area contributed by atoms with Gasteiger partial charge in [-0.3, -0.25) is 4.79 Å². The lowest BCUT2D eigenvalue weighted by molar-refractivity contribution is 0.0926. The molecule has 0 saturated heterocycles. The summed E-state index contributed by atoms with van der Waals surface area (Å²) < 4.78 is 11.9. The molecule has 1 aliphatic heterocycles. The van der Waals surface area contributed by atoms with Gasteiger partial charge in [0.25, 0.3) is 11.8 Å². The molecule has 2 heterocycles. The third-order valence-corrected chi connectivity index (χ3v) is 5.28. The van der Waals surface area contributed by atoms with Crippen LogP contribution in [0.2, 0.25) is 0 Å². The molecule has 0 radical (unpaired) electrons. The number of nitrogens with one attached hydrogen (secondary N) is 2. The van der Waals surface area contributed by atoms with Crippen LogP contribution in [0.1, 0.15) is 55.5 Å². The summed E-state index contributed by atoms with van der Waals surface area (Å²) in [6.07, 6.45) is 5.04. The number of ether oxygens (including phenoxy) is 2. The molecule has 1 fully saturated rings. The van der Waals surface area contributed by atoms with Gasteiger partial charge in [0.05, 0.1) is 22.9 Å². The molecule has 1 saturated carbocycles. The van der Waals surface area contributed by atoms with Gasteiger partial charge in [0.15, 0.2) is 11.5 Å². The number of fused-ring (bicyclic) bond motifs is 2. The summed E-state index contributed by atoms with van der Waals surface area (Å²) in [6, 6.07) is 7.37. The first-order valence-electron chi connectivity index (χ1n) is 10.2. The Balaban J connectivity index is 1.65. The predicted octanol–water partition coefficient (Wildman–Crippen LogP) is 3.67. The van der Waals surface area contributed by atoms with Crippen molar-refractivity contribution in [2.24, 2.45) is 5.73 Å². The molecule has 0 bridgehead atoms. The highest BCUT2D eigenvalue weighted by molar-refractivity contribution is 6.01. The van der Waals surface area contributed by atoms with E-state index in [9.17, 15) is 4.79 Å². The topological polar surface area (TPSA) is 122 Å². The molecule has 1 aromatic carbocycles. The molecule has 30 heavy (non-hydrogen) atoms. The Morgan fingerprint density at radius 3 is 2.70 bits per heavy atom. The number of aromatic nitrogens is 1. The van der Waals surface area contributed by atoms with Crippen molar-refractivity contribution in [3.05, 3.63) is 35.5 Å². The average Bonchev–Trinajstić information content (AvgIpc) is 2.73. The molecule has 0 atom stereocenters. The van der Waals surface area contributed by atoms with Crippen molar-refractivity contribution >= 4 is 11.6 Å². The number of anilines is 1. The SMILES string of the molecule is CC(C)Nc1c(C(=O)NC2CCC(N)CC2)cnc2c1Oc1cc(C#N)ccc1O2. The number of nitrogens with two attached hydrogens (primary N) is 1. The maximum atomic E-state index is 13.1. The number of nitrogens with zero attached hydrogens (tertiary/aromatic N) is 2. The highest BCUT2D eigenvalue weighted by atomic mass is 16.6. The highest BCUT2D eigenvalue weighted by Gasteiger charge is 2.29. The molecule has 1 aliphatic carbocycles. The quantitative estimate of drug-likeness (QED) is 0.603. The first-order chi connectivity index (χ1) is 14.4. The Hall–Kier alpha value is -3.31. The summed E-state index contributed by atoms with van der Waals surface area (Å²) >= 11 is 0. The molecule has 1 aromatic heterocycles. The molecule has 0 unspecified atom stereocenters. The predicted molar refractivity (Wildman–Crippen MR) is 112 cm³/mol. The summed E-state index contributed by atoms with van der Waals surface area (Å²) in [5.74, 6) is 1.28. The van der Waals surface area contributed by atoms with Gasteiger partial charge in [0.2, 0.25) is 5.75 Å². The minimum absolute atomic E-state index is 0.0474. The van der Waals surface area contributed by atoms with Crippen LogP contribution < -0.4 is 25.8 Å². The molecule has 2 aromatic rings. The highest BCUT2D eigenvalue weighted by Crippen LogP contribution is 2.49. The van der Waals surface area contributed by atoms with Gasteiger partial charge < -0.3 is 25.8 Å². The summed E-state index contributed by atoms with van der Waals surface area (Å²) in [7, 11) is 0. The fourth-order valence-corrected chi connectivity index (χ4v) is 3.73. The standard InChI is InChI=1S/C22H25N5O3/c1-12(2)26-19-16(21(28)27-15-6-4-14(24)5-7-15)11-25-22-20(19)29-18-9-13(10-23)3-8-17(18)30-22/h3,8-9,11-12,14-15H,4-7,24H2,1-2H3,(H,25,26)(H,27,28). The molecular weight excluding hydrogens is 382 g/mol. The van der Waals surface area contributed by atoms with Crippen molar-refractivity contribution in [2.45, 2.75) is 57.7 Å². The number of carbonyl (C=O) groups is 1. The van der Waals surface area contributed by atoms with Gasteiger partial charge >= 0.3 is 0 Å². The van der Waals surface area contributed by atoms with E-state index in [2.05, 4.69) is 21.7 Å². The van der Waals surface area contributed by atoms with Crippen LogP contribution >= 0.6 is 0 Å². The normalized spacial score (nSPS) is 19.6. The van der Waals surface area contributed by atoms with Gasteiger partial charge in [-0.1, -0.05) is 0 Å². The third kappa shape index (κ3) is 4.02. The van der Waals surface area contributed by atoms with E-state index in [0.29, 0.717) is 34.1 Å². The van der Waals surface area contributed by atoms with Crippen molar-refractivity contribution < 1.29 is 14.3 Å². The van der Waals surface area contributed by atoms with Gasteiger partial charge in [-0.05, 0) is 51.7 Å². The zero-order chi connectivity index (χ0) is 21.3. The summed E-state index contributed by atoms with van der Waals surface area (Å²) in [4.78, 5) is 17.4. The van der Waals surface area contributed by atoms with Crippen molar-refractivity contribution in [1.82, 2.24) is 10.3 Å². The van der Waals surface area contributed by atoms with E-state index in [4.69, 9.17) is 20.5 Å². The zero-order valence-corrected chi connectivity index (χ0v) is 17.1. The van der Waals surface area contributed by atoms with Crippen molar-refractivity contribution in [1.29, 1.82) is 5.26 Å². The molecule has 156 valence electrons. The summed E-state index contributed by atoms with van der Waals surface area (Å²) in [5, 5.41) is 15.6. The average molecular weight is 407 g/mol. The number of hydrogen-bond donors (Lipinski definition) is 3. The Kier molecular flexibility index (Phi) is 5.46. The van der Waals surface area contributed by atoms with E-state index >= 15 is 0 Å². The third-order valence-electron chi connectivity index (χ3n) is 5.28. The van der Waals surface area contributed by atoms with Gasteiger partial charge in [-0.2, -0.15) is 5.26 Å². The van der Waals surface area contributed by atoms with Crippen LogP contribution in [0, 0.1) is 11.3 Å². The number of rotatable bonds is 4. The summed E-state index contributed by atoms with van der Waals surface area (Å²) in [5.41, 5.74) is 7.34. The fourth-order valence-electron chi connectivity index (χ4n) is 3.73. The monoisotopic (exact) mass is 407 g/mol. The number of carbonyl (C=O) groups excluding carboxylic acids is 1. The molecule has 0 spiro atoms. The number of hydrogen-bond acceptors (Lipinski definition) is 7. The van der Waals surface area contributed by atoms with Gasteiger partial charge in [-0.15, -0.1) is 0 Å². The first-order valence-corrected chi connectivity index (χ1v) is 10.2. The van der Waals surface area contributed by atoms with Gasteiger partial charge in [0.1, 0.15) is 0 Å². The van der Waals surface area contributed by atoms with Crippen LogP contribution in [0.25, 0.3) is 0 Å². The van der Waals surface area contributed by atoms with Crippen LogP contribution in [0.15, 0.2) is 24.4 Å². The Morgan fingerprint density at radius 2 is 2.00 bits per heavy atom. The number of amides is 1. The van der Waals surface area contributed by atoms with E-state index in [1.54, 1.807) is 18.2 Å². The smallest absolute Gasteiger partial charge is 0.265 e. The maximum Gasteiger partial charge on any atom is 0.265 e. The second-order valence-corrected chi connectivity index (χ2v) is 8.04. The lowest BCUT2D eigenvalue weighted by Crippen LogP contribution is -2.40. The maximum absolute atomic E-state index is 13.1. The lowest BCUT2D eigenvalue weighted by atomic mass is 9.91. The number of nitriles is 1. The van der Waals surface area contributed by atoms with E-state index in [0.717, 1.165) is 25.7 Å². The molecule has 1 amide bonds. The summed E-state index contributed by atoms with van der Waals surface area (Å²) in [6.45, 7) is 3.95. The van der Waals surface area contributed by atoms with Crippen molar-refractivity contribution in [3.63, 3.8) is 0 Å². The molecule has 8 nitrogen and oxygen atoms in total. The van der Waals surface area contributed by atoms with E-state index in [-0.39, 0.29) is 29.9 Å². The molecule has 2 aliphatic rings. The zero-order valence-electron chi connectivity index (χ0n) is 17.1. The van der Waals surface area contributed by atoms with Crippen LogP contribution in [0.4, 0.5) is 5.69 Å². The van der Waals surface area contributed by atoms with Gasteiger partial charge in [-0.25, -0.2) is 4.98 Å². The Labute approximate surface area is 175 Å². The van der Waals surface area contributed by atoms with Crippen molar-refractivity contribution in [3.8, 4) is 29.2 Å². The minimum atomic E-state index is -0.214. The van der Waals surface area contributed by atoms with Crippen LogP contribution in [-0.4, -0.2) is 29.0 Å². The van der Waals surface area contributed by atoms with Crippen LogP contribution in [-0.2, 0) is 0 Å². The second kappa shape index (κ2) is 8.20. The molecule has 8 heteroatoms. The molecular formula is C22H25N5O3. The Morgan fingerprint density at radius 1 is 1.23 bits per heavy atom. The van der Waals surface area contributed by atoms with E-state index < -0.39 is 0 Å². The first kappa shape index (κ1) is 20.0. The van der Waals surface area contributed by atoms with Crippen LogP contribution in [0.3, 0.4) is 0 Å². The molecule has 4 rings (SSSR count). The number of pyridine rings is 1. The second-order valence-electron chi connectivity index (χ2n) is 8.04. The molecule has 4 N–H and O–H groups in total. The van der Waals surface area contributed by atoms with Gasteiger partial charge in [0, 0.05) is 30.4 Å².